The van der Waals surface area contributed by atoms with Crippen LogP contribution in [0.2, 0.25) is 0 Å². The minimum absolute atomic E-state index is 0.115. The zero-order chi connectivity index (χ0) is 49.0. The lowest BCUT2D eigenvalue weighted by Crippen LogP contribution is -2.17. The van der Waals surface area contributed by atoms with E-state index >= 15 is 0 Å². The van der Waals surface area contributed by atoms with Crippen LogP contribution in [0.5, 0.6) is 0 Å². The molecule has 0 heterocycles. The Hall–Kier alpha value is -8.20. The number of benzene rings is 10. The van der Waals surface area contributed by atoms with Crippen molar-refractivity contribution in [3.63, 3.8) is 0 Å². The van der Waals surface area contributed by atoms with Crippen LogP contribution >= 0.6 is 0 Å². The van der Waals surface area contributed by atoms with Gasteiger partial charge in [-0.3, -0.25) is 0 Å². The summed E-state index contributed by atoms with van der Waals surface area (Å²) in [7, 11) is 0. The Balaban J connectivity index is 0.933. The van der Waals surface area contributed by atoms with E-state index in [0.29, 0.717) is 5.92 Å². The third kappa shape index (κ3) is 8.07. The molecule has 3 unspecified atom stereocenters. The van der Waals surface area contributed by atoms with Crippen molar-refractivity contribution in [1.82, 2.24) is 0 Å². The second-order valence-corrected chi connectivity index (χ2v) is 21.3. The molecule has 13 rings (SSSR count). The van der Waals surface area contributed by atoms with Gasteiger partial charge in [0, 0.05) is 39.5 Å². The first-order valence-electron chi connectivity index (χ1n) is 26.4. The van der Waals surface area contributed by atoms with Crippen LogP contribution in [0, 0.1) is 18.8 Å². The van der Waals surface area contributed by atoms with E-state index in [1.54, 1.807) is 0 Å². The average Bonchev–Trinajstić information content (AvgIpc) is 4.15. The Morgan fingerprint density at radius 1 is 0.356 bits per heavy atom. The van der Waals surface area contributed by atoms with Crippen molar-refractivity contribution in [2.75, 3.05) is 9.80 Å². The van der Waals surface area contributed by atoms with Crippen molar-refractivity contribution in [1.29, 1.82) is 0 Å². The van der Waals surface area contributed by atoms with Gasteiger partial charge in [-0.15, -0.1) is 0 Å². The van der Waals surface area contributed by atoms with Crippen LogP contribution in [0.4, 0.5) is 34.1 Å². The molecule has 3 atom stereocenters. The fraction of sp³-hybridized carbons (Fsp3) is 0.155. The molecule has 73 heavy (non-hydrogen) atoms. The van der Waals surface area contributed by atoms with Crippen LogP contribution < -0.4 is 9.80 Å². The number of hydrogen-bond donors (Lipinski definition) is 0. The summed E-state index contributed by atoms with van der Waals surface area (Å²) in [5.41, 5.74) is 24.7. The highest BCUT2D eigenvalue weighted by atomic mass is 15.1. The zero-order valence-electron chi connectivity index (χ0n) is 42.0. The van der Waals surface area contributed by atoms with Gasteiger partial charge in [0.2, 0.25) is 0 Å². The highest BCUT2D eigenvalue weighted by Crippen LogP contribution is 2.55. The van der Waals surface area contributed by atoms with Gasteiger partial charge in [-0.1, -0.05) is 178 Å². The average molecular weight is 941 g/mol. The molecule has 0 radical (unpaired) electrons. The molecule has 10 aromatic rings. The van der Waals surface area contributed by atoms with Gasteiger partial charge in [-0.25, -0.2) is 0 Å². The summed E-state index contributed by atoms with van der Waals surface area (Å²) in [6.45, 7) is 7.06. The lowest BCUT2D eigenvalue weighted by Gasteiger charge is -2.30. The van der Waals surface area contributed by atoms with E-state index in [9.17, 15) is 0 Å². The summed E-state index contributed by atoms with van der Waals surface area (Å²) in [6.07, 6.45) is 5.50. The van der Waals surface area contributed by atoms with Crippen molar-refractivity contribution in [2.24, 2.45) is 11.8 Å². The lowest BCUT2D eigenvalue weighted by atomic mass is 9.82. The normalized spacial score (nSPS) is 17.0. The summed E-state index contributed by atoms with van der Waals surface area (Å²) >= 11 is 0. The number of rotatable bonds is 11. The number of hydrogen-bond acceptors (Lipinski definition) is 2. The van der Waals surface area contributed by atoms with E-state index < -0.39 is 0 Å². The summed E-state index contributed by atoms with van der Waals surface area (Å²) in [5.74, 6) is 2.35. The monoisotopic (exact) mass is 940 g/mol. The summed E-state index contributed by atoms with van der Waals surface area (Å²) in [6, 6.07) is 90.1. The van der Waals surface area contributed by atoms with Crippen LogP contribution in [-0.2, 0) is 5.41 Å². The van der Waals surface area contributed by atoms with Gasteiger partial charge >= 0.3 is 0 Å². The standard InChI is InChI=1S/C71H60N2/c1-48-18-16-29-68-70(48)62-41-40-61(45-69(62)71(68,2)3)73(60-28-17-23-54(44-60)63-43-49-30-31-55(63)42-49)59-38-34-53(35-39-59)67-47-64(50-19-8-4-9-20-50)66(46-65(67)51-21-10-5-11-22-51)52-32-36-58(37-33-52)72(56-24-12-6-13-25-56)57-26-14-7-15-27-57/h4-29,32-41,44-47,49,55,63H,30-31,42-43H2,1-3H3. The van der Waals surface area contributed by atoms with Gasteiger partial charge in [-0.2, -0.15) is 0 Å². The topological polar surface area (TPSA) is 6.48 Å². The van der Waals surface area contributed by atoms with E-state index in [1.165, 1.54) is 115 Å². The first-order chi connectivity index (χ1) is 35.9. The van der Waals surface area contributed by atoms with Gasteiger partial charge in [0.05, 0.1) is 0 Å². The molecule has 2 fully saturated rings. The van der Waals surface area contributed by atoms with Crippen LogP contribution in [-0.4, -0.2) is 0 Å². The van der Waals surface area contributed by atoms with Crippen LogP contribution in [0.25, 0.3) is 55.6 Å². The van der Waals surface area contributed by atoms with Crippen LogP contribution in [0.1, 0.15) is 67.7 Å². The van der Waals surface area contributed by atoms with Gasteiger partial charge in [0.25, 0.3) is 0 Å². The van der Waals surface area contributed by atoms with Gasteiger partial charge in [0.1, 0.15) is 0 Å². The smallest absolute Gasteiger partial charge is 0.0465 e. The van der Waals surface area contributed by atoms with Crippen molar-refractivity contribution in [3.8, 4) is 55.6 Å². The molecule has 0 spiro atoms. The largest absolute Gasteiger partial charge is 0.311 e. The van der Waals surface area contributed by atoms with Gasteiger partial charge < -0.3 is 9.80 Å². The van der Waals surface area contributed by atoms with E-state index in [0.717, 1.165) is 34.6 Å². The van der Waals surface area contributed by atoms with Crippen LogP contribution in [0.3, 0.4) is 0 Å². The number of aryl methyl sites for hydroxylation is 1. The maximum atomic E-state index is 2.52. The highest BCUT2D eigenvalue weighted by Gasteiger charge is 2.41. The predicted molar refractivity (Wildman–Crippen MR) is 308 cm³/mol. The zero-order valence-corrected chi connectivity index (χ0v) is 42.0. The number of fused-ring (bicyclic) bond motifs is 5. The van der Waals surface area contributed by atoms with Gasteiger partial charge in [0.15, 0.2) is 0 Å². The first-order valence-corrected chi connectivity index (χ1v) is 26.4. The molecule has 0 N–H and O–H groups in total. The second kappa shape index (κ2) is 18.4. The third-order valence-corrected chi connectivity index (χ3v) is 16.7. The summed E-state index contributed by atoms with van der Waals surface area (Å²) in [5, 5.41) is 0. The Morgan fingerprint density at radius 3 is 1.33 bits per heavy atom. The highest BCUT2D eigenvalue weighted by molar-refractivity contribution is 5.96. The fourth-order valence-corrected chi connectivity index (χ4v) is 13.1. The van der Waals surface area contributed by atoms with Gasteiger partial charge in [-0.05, 0) is 207 Å². The quantitative estimate of drug-likeness (QED) is 0.127. The molecule has 3 aliphatic rings. The molecule has 2 saturated carbocycles. The number of para-hydroxylation sites is 2. The maximum absolute atomic E-state index is 2.52. The SMILES string of the molecule is Cc1cccc2c1-c1ccc(N(c3ccc(-c4cc(-c5ccccc5)c(-c5ccc(N(c6ccccc6)c6ccccc6)cc5)cc4-c4ccccc4)cc3)c3cccc(C4CC5CCC4C5)c3)cc1C2(C)C. The minimum Gasteiger partial charge on any atom is -0.311 e. The molecule has 10 aromatic carbocycles. The first kappa shape index (κ1) is 44.7. The van der Waals surface area contributed by atoms with E-state index in [-0.39, 0.29) is 5.41 Å². The lowest BCUT2D eigenvalue weighted by molar-refractivity contribution is 0.420. The molecule has 2 nitrogen and oxygen atoms in total. The fourth-order valence-electron chi connectivity index (χ4n) is 13.1. The molecule has 3 aliphatic carbocycles. The van der Waals surface area contributed by atoms with E-state index in [2.05, 4.69) is 273 Å². The van der Waals surface area contributed by atoms with Crippen molar-refractivity contribution >= 4 is 34.1 Å². The molecule has 2 heteroatoms. The predicted octanol–water partition coefficient (Wildman–Crippen LogP) is 19.8. The summed E-state index contributed by atoms with van der Waals surface area (Å²) in [4.78, 5) is 4.84. The molecule has 0 aromatic heterocycles. The molecular formula is C71H60N2. The molecule has 354 valence electrons. The minimum atomic E-state index is -0.115. The Kier molecular flexibility index (Phi) is 11.3. The number of anilines is 6. The maximum Gasteiger partial charge on any atom is 0.0465 e. The Bertz CT molecular complexity index is 3560. The molecule has 0 aliphatic heterocycles. The Labute approximate surface area is 431 Å². The van der Waals surface area contributed by atoms with E-state index in [1.807, 2.05) is 0 Å². The number of nitrogens with zero attached hydrogens (tertiary/aromatic N) is 2. The van der Waals surface area contributed by atoms with Crippen molar-refractivity contribution in [2.45, 2.75) is 57.8 Å². The molecule has 0 amide bonds. The summed E-state index contributed by atoms with van der Waals surface area (Å²) < 4.78 is 0. The third-order valence-electron chi connectivity index (χ3n) is 16.7. The molecule has 2 bridgehead atoms. The molecular weight excluding hydrogens is 881 g/mol. The van der Waals surface area contributed by atoms with Crippen LogP contribution in [0.15, 0.2) is 243 Å². The van der Waals surface area contributed by atoms with Crippen molar-refractivity contribution < 1.29 is 0 Å². The Morgan fingerprint density at radius 2 is 0.808 bits per heavy atom. The second-order valence-electron chi connectivity index (χ2n) is 21.3. The van der Waals surface area contributed by atoms with E-state index in [4.69, 9.17) is 0 Å². The molecule has 0 saturated heterocycles. The van der Waals surface area contributed by atoms with Crippen molar-refractivity contribution in [3.05, 3.63) is 265 Å².